The Hall–Kier alpha value is -2.49. The Kier molecular flexibility index (Phi) is 3.77. The molecule has 0 bridgehead atoms. The van der Waals surface area contributed by atoms with Gasteiger partial charge < -0.3 is 14.0 Å². The lowest BCUT2D eigenvalue weighted by atomic mass is 10.2. The van der Waals surface area contributed by atoms with E-state index < -0.39 is 0 Å². The van der Waals surface area contributed by atoms with Crippen LogP contribution in [-0.4, -0.2) is 18.3 Å². The molecule has 3 aromatic rings. The highest BCUT2D eigenvalue weighted by Gasteiger charge is 2.05. The average Bonchev–Trinajstić information content (AvgIpc) is 2.93. The van der Waals surface area contributed by atoms with Gasteiger partial charge in [-0.15, -0.1) is 0 Å². The quantitative estimate of drug-likeness (QED) is 0.710. The van der Waals surface area contributed by atoms with Crippen molar-refractivity contribution in [2.45, 2.75) is 6.54 Å². The molecule has 0 spiro atoms. The van der Waals surface area contributed by atoms with Crippen molar-refractivity contribution in [1.82, 2.24) is 4.57 Å². The molecule has 2 aromatic carbocycles. The van der Waals surface area contributed by atoms with Crippen LogP contribution in [0.1, 0.15) is 0 Å². The van der Waals surface area contributed by atoms with Crippen molar-refractivity contribution in [3.63, 3.8) is 0 Å². The second kappa shape index (κ2) is 5.87. The van der Waals surface area contributed by atoms with Gasteiger partial charge in [-0.2, -0.15) is 0 Å². The molecule has 0 aliphatic carbocycles. The minimum Gasteiger partial charge on any atom is -0.497 e. The minimum absolute atomic E-state index is 0.192. The van der Waals surface area contributed by atoms with E-state index in [0.717, 1.165) is 17.0 Å². The molecule has 0 amide bonds. The third kappa shape index (κ3) is 2.84. The molecule has 1 heterocycles. The first-order valence-electron chi connectivity index (χ1n) is 6.78. The van der Waals surface area contributed by atoms with Crippen molar-refractivity contribution in [1.29, 1.82) is 0 Å². The van der Waals surface area contributed by atoms with Crippen LogP contribution in [0, 0.1) is 5.82 Å². The molecule has 0 saturated carbocycles. The van der Waals surface area contributed by atoms with Gasteiger partial charge in [0.1, 0.15) is 23.9 Å². The van der Waals surface area contributed by atoms with Crippen LogP contribution < -0.4 is 9.47 Å². The summed E-state index contributed by atoms with van der Waals surface area (Å²) >= 11 is 0. The number of aromatic nitrogens is 1. The monoisotopic (exact) mass is 285 g/mol. The summed E-state index contributed by atoms with van der Waals surface area (Å²) in [5.74, 6) is 1.40. The highest BCUT2D eigenvalue weighted by Crippen LogP contribution is 2.20. The van der Waals surface area contributed by atoms with Crippen LogP contribution in [0.3, 0.4) is 0 Å². The predicted molar refractivity (Wildman–Crippen MR) is 80.4 cm³/mol. The number of methoxy groups -OCH3 is 1. The van der Waals surface area contributed by atoms with Crippen molar-refractivity contribution in [3.8, 4) is 11.5 Å². The molecule has 0 fully saturated rings. The number of benzene rings is 2. The van der Waals surface area contributed by atoms with Crippen LogP contribution >= 0.6 is 0 Å². The summed E-state index contributed by atoms with van der Waals surface area (Å²) in [6.45, 7) is 1.19. The summed E-state index contributed by atoms with van der Waals surface area (Å²) in [5, 5.41) is 0.641. The van der Waals surface area contributed by atoms with E-state index in [9.17, 15) is 4.39 Å². The number of hydrogen-bond acceptors (Lipinski definition) is 2. The molecule has 108 valence electrons. The second-order valence-corrected chi connectivity index (χ2v) is 4.71. The highest BCUT2D eigenvalue weighted by molar-refractivity contribution is 5.80. The van der Waals surface area contributed by atoms with Gasteiger partial charge in [0.15, 0.2) is 0 Å². The fourth-order valence-corrected chi connectivity index (χ4v) is 2.31. The number of rotatable bonds is 5. The van der Waals surface area contributed by atoms with Crippen molar-refractivity contribution in [2.24, 2.45) is 0 Å². The van der Waals surface area contributed by atoms with Gasteiger partial charge in [0, 0.05) is 11.6 Å². The van der Waals surface area contributed by atoms with Gasteiger partial charge in [-0.05, 0) is 42.5 Å². The van der Waals surface area contributed by atoms with Crippen molar-refractivity contribution in [3.05, 3.63) is 60.5 Å². The van der Waals surface area contributed by atoms with Crippen LogP contribution in [0.4, 0.5) is 4.39 Å². The molecular weight excluding hydrogens is 269 g/mol. The summed E-state index contributed by atoms with van der Waals surface area (Å²) < 4.78 is 26.4. The van der Waals surface area contributed by atoms with E-state index in [-0.39, 0.29) is 5.82 Å². The first kappa shape index (κ1) is 13.5. The molecule has 4 heteroatoms. The van der Waals surface area contributed by atoms with Crippen molar-refractivity contribution < 1.29 is 13.9 Å². The van der Waals surface area contributed by atoms with Crippen LogP contribution in [-0.2, 0) is 6.54 Å². The van der Waals surface area contributed by atoms with Crippen molar-refractivity contribution >= 4 is 10.9 Å². The summed E-state index contributed by atoms with van der Waals surface area (Å²) in [5.41, 5.74) is 0.883. The van der Waals surface area contributed by atoms with Crippen molar-refractivity contribution in [2.75, 3.05) is 13.7 Å². The fraction of sp³-hybridized carbons (Fsp3) is 0.176. The molecule has 0 atom stereocenters. The number of nitrogens with zero attached hydrogens (tertiary/aromatic N) is 1. The Morgan fingerprint density at radius 2 is 1.76 bits per heavy atom. The zero-order valence-electron chi connectivity index (χ0n) is 11.8. The molecule has 21 heavy (non-hydrogen) atoms. The number of fused-ring (bicyclic) bond motifs is 1. The van der Waals surface area contributed by atoms with E-state index in [1.54, 1.807) is 19.2 Å². The third-order valence-corrected chi connectivity index (χ3v) is 3.42. The maximum atomic E-state index is 13.6. The van der Waals surface area contributed by atoms with E-state index in [4.69, 9.17) is 9.47 Å². The zero-order valence-corrected chi connectivity index (χ0v) is 11.8. The summed E-state index contributed by atoms with van der Waals surface area (Å²) in [6.07, 6.45) is 1.88. The molecule has 3 nitrogen and oxygen atoms in total. The third-order valence-electron chi connectivity index (χ3n) is 3.42. The summed E-state index contributed by atoms with van der Waals surface area (Å²) in [4.78, 5) is 0. The van der Waals surface area contributed by atoms with Gasteiger partial charge in [0.2, 0.25) is 0 Å². The van der Waals surface area contributed by atoms with Gasteiger partial charge in [-0.25, -0.2) is 4.39 Å². The lowest BCUT2D eigenvalue weighted by Crippen LogP contribution is -2.07. The standard InChI is InChI=1S/C17H16FNO2/c1-20-13-5-7-14(8-6-13)21-12-11-19-10-9-15-16(18)3-2-4-17(15)19/h2-10H,11-12H2,1H3. The maximum absolute atomic E-state index is 13.6. The number of halogens is 1. The molecule has 1 aromatic heterocycles. The van der Waals surface area contributed by atoms with Gasteiger partial charge in [0.05, 0.1) is 19.2 Å². The normalized spacial score (nSPS) is 10.8. The highest BCUT2D eigenvalue weighted by atomic mass is 19.1. The summed E-state index contributed by atoms with van der Waals surface area (Å²) in [7, 11) is 1.63. The molecule has 0 saturated heterocycles. The minimum atomic E-state index is -0.192. The maximum Gasteiger partial charge on any atom is 0.132 e. The molecule has 0 aliphatic rings. The Morgan fingerprint density at radius 1 is 1.00 bits per heavy atom. The zero-order chi connectivity index (χ0) is 14.7. The Balaban J connectivity index is 1.65. The second-order valence-electron chi connectivity index (χ2n) is 4.71. The molecule has 0 N–H and O–H groups in total. The van der Waals surface area contributed by atoms with E-state index in [2.05, 4.69) is 0 Å². The first-order valence-corrected chi connectivity index (χ1v) is 6.78. The number of hydrogen-bond donors (Lipinski definition) is 0. The van der Waals surface area contributed by atoms with Gasteiger partial charge in [-0.1, -0.05) is 6.07 Å². The largest absolute Gasteiger partial charge is 0.497 e. The fourth-order valence-electron chi connectivity index (χ4n) is 2.31. The molecule has 0 radical (unpaired) electrons. The lowest BCUT2D eigenvalue weighted by molar-refractivity contribution is 0.300. The Labute approximate surface area is 122 Å². The molecule has 3 rings (SSSR count). The van der Waals surface area contributed by atoms with Gasteiger partial charge >= 0.3 is 0 Å². The van der Waals surface area contributed by atoms with Crippen LogP contribution in [0.2, 0.25) is 0 Å². The number of ether oxygens (including phenoxy) is 2. The van der Waals surface area contributed by atoms with E-state index in [0.29, 0.717) is 18.5 Å². The van der Waals surface area contributed by atoms with Gasteiger partial charge in [0.25, 0.3) is 0 Å². The Bertz CT molecular complexity index is 734. The topological polar surface area (TPSA) is 23.4 Å². The lowest BCUT2D eigenvalue weighted by Gasteiger charge is -2.09. The molecular formula is C17H16FNO2. The van der Waals surface area contributed by atoms with E-state index >= 15 is 0 Å². The average molecular weight is 285 g/mol. The van der Waals surface area contributed by atoms with Crippen LogP contribution in [0.5, 0.6) is 11.5 Å². The predicted octanol–water partition coefficient (Wildman–Crippen LogP) is 3.87. The molecule has 0 unspecified atom stereocenters. The van der Waals surface area contributed by atoms with Crippen LogP contribution in [0.15, 0.2) is 54.7 Å². The smallest absolute Gasteiger partial charge is 0.132 e. The molecule has 0 aliphatic heterocycles. The first-order chi connectivity index (χ1) is 10.3. The Morgan fingerprint density at radius 3 is 2.52 bits per heavy atom. The summed E-state index contributed by atoms with van der Waals surface area (Å²) in [6, 6.07) is 14.3. The van der Waals surface area contributed by atoms with Crippen LogP contribution in [0.25, 0.3) is 10.9 Å². The van der Waals surface area contributed by atoms with E-state index in [1.807, 2.05) is 41.1 Å². The SMILES string of the molecule is COc1ccc(OCCn2ccc3c(F)cccc32)cc1. The van der Waals surface area contributed by atoms with Gasteiger partial charge in [-0.3, -0.25) is 0 Å². The van der Waals surface area contributed by atoms with E-state index in [1.165, 1.54) is 6.07 Å².